The molecule has 9 heteroatoms. The molecule has 0 spiro atoms. The summed E-state index contributed by atoms with van der Waals surface area (Å²) in [6.07, 6.45) is 3.12. The van der Waals surface area contributed by atoms with Gasteiger partial charge in [0.1, 0.15) is 12.7 Å². The SMILES string of the molecule is Clc1ccc(N=C(Cn2cncn2)SCc2ccc(Cl)c(Cl)c2)c(Cl)c1. The van der Waals surface area contributed by atoms with Crippen molar-refractivity contribution in [3.05, 3.63) is 74.7 Å². The van der Waals surface area contributed by atoms with Crippen LogP contribution >= 0.6 is 58.2 Å². The van der Waals surface area contributed by atoms with Gasteiger partial charge in [-0.05, 0) is 35.9 Å². The molecule has 0 saturated heterocycles. The number of aliphatic imine (C=N–C) groups is 1. The van der Waals surface area contributed by atoms with Gasteiger partial charge in [-0.1, -0.05) is 52.5 Å². The van der Waals surface area contributed by atoms with Gasteiger partial charge < -0.3 is 0 Å². The van der Waals surface area contributed by atoms with Gasteiger partial charge in [-0.2, -0.15) is 5.10 Å². The van der Waals surface area contributed by atoms with Crippen molar-refractivity contribution in [2.24, 2.45) is 4.99 Å². The van der Waals surface area contributed by atoms with Crippen LogP contribution in [0, 0.1) is 0 Å². The normalized spacial score (nSPS) is 11.8. The molecule has 0 unspecified atom stereocenters. The van der Waals surface area contributed by atoms with E-state index in [1.165, 1.54) is 6.33 Å². The van der Waals surface area contributed by atoms with Crippen LogP contribution in [-0.2, 0) is 12.3 Å². The Bertz CT molecular complexity index is 929. The zero-order valence-electron chi connectivity index (χ0n) is 13.2. The first-order valence-electron chi connectivity index (χ1n) is 7.43. The standard InChI is InChI=1S/C17H12Cl4N4S/c18-12-2-4-16(15(21)6-12)24-17(7-25-10-22-9-23-25)26-8-11-1-3-13(19)14(20)5-11/h1-6,9-10H,7-8H2. The predicted octanol–water partition coefficient (Wildman–Crippen LogP) is 6.56. The van der Waals surface area contributed by atoms with E-state index >= 15 is 0 Å². The number of rotatable bonds is 5. The Labute approximate surface area is 175 Å². The summed E-state index contributed by atoms with van der Waals surface area (Å²) in [6.45, 7) is 0.477. The minimum Gasteiger partial charge on any atom is -0.246 e. The van der Waals surface area contributed by atoms with Gasteiger partial charge in [0.15, 0.2) is 0 Å². The first-order valence-corrected chi connectivity index (χ1v) is 9.93. The molecule has 0 bridgehead atoms. The zero-order chi connectivity index (χ0) is 18.5. The second-order valence-corrected chi connectivity index (χ2v) is 7.94. The summed E-state index contributed by atoms with van der Waals surface area (Å²) >= 11 is 25.8. The Morgan fingerprint density at radius 1 is 1.00 bits per heavy atom. The molecule has 1 heterocycles. The number of benzene rings is 2. The van der Waals surface area contributed by atoms with Crippen LogP contribution in [0.15, 0.2) is 54.0 Å². The van der Waals surface area contributed by atoms with Crippen LogP contribution in [0.1, 0.15) is 5.56 Å². The van der Waals surface area contributed by atoms with Gasteiger partial charge in [0.2, 0.25) is 0 Å². The van der Waals surface area contributed by atoms with E-state index < -0.39 is 0 Å². The summed E-state index contributed by atoms with van der Waals surface area (Å²) in [5, 5.41) is 7.07. The van der Waals surface area contributed by atoms with Gasteiger partial charge in [0.05, 0.1) is 32.3 Å². The van der Waals surface area contributed by atoms with E-state index in [9.17, 15) is 0 Å². The Morgan fingerprint density at radius 2 is 1.85 bits per heavy atom. The summed E-state index contributed by atoms with van der Waals surface area (Å²) in [5.41, 5.74) is 1.69. The number of thioether (sulfide) groups is 1. The van der Waals surface area contributed by atoms with Crippen molar-refractivity contribution in [2.75, 3.05) is 0 Å². The maximum absolute atomic E-state index is 6.24. The highest BCUT2D eigenvalue weighted by Crippen LogP contribution is 2.30. The smallest absolute Gasteiger partial charge is 0.137 e. The molecule has 3 rings (SSSR count). The van der Waals surface area contributed by atoms with Crippen molar-refractivity contribution in [2.45, 2.75) is 12.3 Å². The molecule has 0 radical (unpaired) electrons. The predicted molar refractivity (Wildman–Crippen MR) is 111 cm³/mol. The summed E-state index contributed by atoms with van der Waals surface area (Å²) in [6, 6.07) is 10.8. The van der Waals surface area contributed by atoms with Crippen LogP contribution in [-0.4, -0.2) is 19.8 Å². The summed E-state index contributed by atoms with van der Waals surface area (Å²) in [7, 11) is 0. The molecule has 0 fully saturated rings. The zero-order valence-corrected chi connectivity index (χ0v) is 17.1. The van der Waals surface area contributed by atoms with Crippen LogP contribution < -0.4 is 0 Å². The number of nitrogens with zero attached hydrogens (tertiary/aromatic N) is 4. The average molecular weight is 446 g/mol. The summed E-state index contributed by atoms with van der Waals surface area (Å²) in [4.78, 5) is 8.63. The van der Waals surface area contributed by atoms with Crippen molar-refractivity contribution in [3.63, 3.8) is 0 Å². The number of halogens is 4. The van der Waals surface area contributed by atoms with E-state index in [0.717, 1.165) is 10.6 Å². The second kappa shape index (κ2) is 9.11. The highest BCUT2D eigenvalue weighted by Gasteiger charge is 2.08. The minimum atomic E-state index is 0.477. The molecule has 0 amide bonds. The molecule has 0 aliphatic heterocycles. The van der Waals surface area contributed by atoms with Crippen molar-refractivity contribution in [1.29, 1.82) is 0 Å². The second-order valence-electron chi connectivity index (χ2n) is 5.23. The molecule has 4 nitrogen and oxygen atoms in total. The lowest BCUT2D eigenvalue weighted by Gasteiger charge is -2.08. The molecule has 134 valence electrons. The van der Waals surface area contributed by atoms with Crippen molar-refractivity contribution >= 4 is 68.9 Å². The number of hydrogen-bond acceptors (Lipinski definition) is 4. The monoisotopic (exact) mass is 444 g/mol. The first kappa shape index (κ1) is 19.5. The summed E-state index contributed by atoms with van der Waals surface area (Å²) < 4.78 is 1.70. The lowest BCUT2D eigenvalue weighted by atomic mass is 10.2. The lowest BCUT2D eigenvalue weighted by Crippen LogP contribution is -2.08. The molecule has 0 N–H and O–H groups in total. The van der Waals surface area contributed by atoms with Gasteiger partial charge in [-0.15, -0.1) is 11.8 Å². The Morgan fingerprint density at radius 3 is 2.54 bits per heavy atom. The third kappa shape index (κ3) is 5.38. The van der Waals surface area contributed by atoms with E-state index in [1.807, 2.05) is 12.1 Å². The summed E-state index contributed by atoms with van der Waals surface area (Å²) in [5.74, 6) is 0.676. The van der Waals surface area contributed by atoms with E-state index in [2.05, 4.69) is 15.1 Å². The van der Waals surface area contributed by atoms with Crippen LogP contribution in [0.4, 0.5) is 5.69 Å². The van der Waals surface area contributed by atoms with Crippen LogP contribution in [0.2, 0.25) is 20.1 Å². The molecule has 1 aromatic heterocycles. The van der Waals surface area contributed by atoms with Gasteiger partial charge >= 0.3 is 0 Å². The fourth-order valence-electron chi connectivity index (χ4n) is 2.07. The molecule has 0 aliphatic rings. The topological polar surface area (TPSA) is 43.1 Å². The van der Waals surface area contributed by atoms with Crippen LogP contribution in [0.5, 0.6) is 0 Å². The average Bonchev–Trinajstić information content (AvgIpc) is 3.11. The van der Waals surface area contributed by atoms with Crippen LogP contribution in [0.3, 0.4) is 0 Å². The Hall–Kier alpha value is -1.24. The van der Waals surface area contributed by atoms with E-state index in [4.69, 9.17) is 46.4 Å². The highest BCUT2D eigenvalue weighted by molar-refractivity contribution is 8.13. The highest BCUT2D eigenvalue weighted by atomic mass is 35.5. The molecular weight excluding hydrogens is 434 g/mol. The largest absolute Gasteiger partial charge is 0.246 e. The molecular formula is C17H12Cl4N4S. The number of hydrogen-bond donors (Lipinski definition) is 0. The maximum atomic E-state index is 6.24. The molecule has 26 heavy (non-hydrogen) atoms. The van der Waals surface area contributed by atoms with E-state index in [-0.39, 0.29) is 0 Å². The van der Waals surface area contributed by atoms with Crippen molar-refractivity contribution in [3.8, 4) is 0 Å². The van der Waals surface area contributed by atoms with Crippen molar-refractivity contribution < 1.29 is 0 Å². The Balaban J connectivity index is 1.82. The third-order valence-electron chi connectivity index (χ3n) is 3.31. The molecule has 0 aliphatic carbocycles. The van der Waals surface area contributed by atoms with E-state index in [0.29, 0.717) is 38.1 Å². The molecule has 3 aromatic rings. The van der Waals surface area contributed by atoms with Gasteiger partial charge in [0.25, 0.3) is 0 Å². The quantitative estimate of drug-likeness (QED) is 0.330. The van der Waals surface area contributed by atoms with Gasteiger partial charge in [-0.3, -0.25) is 0 Å². The maximum Gasteiger partial charge on any atom is 0.137 e. The van der Waals surface area contributed by atoms with Crippen LogP contribution in [0.25, 0.3) is 0 Å². The Kier molecular flexibility index (Phi) is 6.84. The van der Waals surface area contributed by atoms with E-state index in [1.54, 1.807) is 47.0 Å². The third-order valence-corrected chi connectivity index (χ3v) is 5.62. The molecule has 0 atom stereocenters. The minimum absolute atomic E-state index is 0.477. The number of aromatic nitrogens is 3. The lowest BCUT2D eigenvalue weighted by molar-refractivity contribution is 0.727. The van der Waals surface area contributed by atoms with Gasteiger partial charge in [0, 0.05) is 10.8 Å². The first-order chi connectivity index (χ1) is 12.5. The van der Waals surface area contributed by atoms with Crippen molar-refractivity contribution in [1.82, 2.24) is 14.8 Å². The fraction of sp³-hybridized carbons (Fsp3) is 0.118. The molecule has 0 saturated carbocycles. The molecule has 2 aromatic carbocycles. The van der Waals surface area contributed by atoms with Gasteiger partial charge in [-0.25, -0.2) is 14.7 Å². The fourth-order valence-corrected chi connectivity index (χ4v) is 3.74.